The van der Waals surface area contributed by atoms with E-state index in [2.05, 4.69) is 0 Å². The predicted molar refractivity (Wildman–Crippen MR) is 78.2 cm³/mol. The van der Waals surface area contributed by atoms with Gasteiger partial charge >= 0.3 is 5.97 Å². The van der Waals surface area contributed by atoms with Crippen LogP contribution in [0.5, 0.6) is 0 Å². The number of esters is 1. The van der Waals surface area contributed by atoms with Crippen molar-refractivity contribution in [2.45, 2.75) is 26.7 Å². The van der Waals surface area contributed by atoms with Crippen molar-refractivity contribution in [3.05, 3.63) is 41.0 Å². The molecule has 0 radical (unpaired) electrons. The highest BCUT2D eigenvalue weighted by atomic mass is 16.7. The molecule has 0 aliphatic carbocycles. The van der Waals surface area contributed by atoms with E-state index in [-0.39, 0.29) is 5.91 Å². The summed E-state index contributed by atoms with van der Waals surface area (Å²) >= 11 is 0. The molecule has 1 amide bonds. The monoisotopic (exact) mass is 289 g/mol. The van der Waals surface area contributed by atoms with Crippen LogP contribution in [0.25, 0.3) is 5.70 Å². The van der Waals surface area contributed by atoms with Crippen LogP contribution in [0.1, 0.15) is 41.3 Å². The summed E-state index contributed by atoms with van der Waals surface area (Å²) in [4.78, 5) is 29.2. The van der Waals surface area contributed by atoms with Crippen LogP contribution in [-0.4, -0.2) is 30.7 Å². The number of hydroxylamine groups is 2. The third kappa shape index (κ3) is 3.13. The second kappa shape index (κ2) is 6.54. The molecule has 0 aromatic heterocycles. The zero-order chi connectivity index (χ0) is 15.4. The average Bonchev–Trinajstić information content (AvgIpc) is 2.71. The molecule has 0 bridgehead atoms. The van der Waals surface area contributed by atoms with E-state index in [1.807, 2.05) is 26.0 Å². The smallest absolute Gasteiger partial charge is 0.332 e. The normalized spacial score (nSPS) is 15.5. The molecule has 1 aromatic carbocycles. The number of aryl methyl sites for hydroxylation is 1. The number of unbranched alkanes of at least 4 members (excludes halogenated alkanes) is 1. The van der Waals surface area contributed by atoms with Gasteiger partial charge in [0.15, 0.2) is 0 Å². The summed E-state index contributed by atoms with van der Waals surface area (Å²) in [5.74, 6) is -0.745. The Hall–Kier alpha value is -2.14. The van der Waals surface area contributed by atoms with Gasteiger partial charge in [0, 0.05) is 5.56 Å². The first-order valence-corrected chi connectivity index (χ1v) is 6.96. The fourth-order valence-electron chi connectivity index (χ4n) is 2.17. The molecule has 1 aliphatic heterocycles. The number of amides is 1. The summed E-state index contributed by atoms with van der Waals surface area (Å²) in [5, 5.41) is 1.12. The molecule has 2 rings (SSSR count). The number of rotatable bonds is 5. The first-order valence-electron chi connectivity index (χ1n) is 6.96. The standard InChI is InChI=1S/C16H19NO4/c1-4-5-8-21-15(18)10-14-12-7-6-11(2)9-13(12)16(19)17(14)20-3/h6-7,9-10H,4-5,8H2,1-3H3/b14-10+. The summed E-state index contributed by atoms with van der Waals surface area (Å²) in [5.41, 5.74) is 2.60. The van der Waals surface area contributed by atoms with Gasteiger partial charge in [-0.25, -0.2) is 4.79 Å². The number of benzene rings is 1. The van der Waals surface area contributed by atoms with Crippen LogP contribution < -0.4 is 0 Å². The van der Waals surface area contributed by atoms with Crippen LogP contribution in [0.3, 0.4) is 0 Å². The highest BCUT2D eigenvalue weighted by molar-refractivity contribution is 6.11. The lowest BCUT2D eigenvalue weighted by atomic mass is 10.1. The molecule has 0 fully saturated rings. The van der Waals surface area contributed by atoms with Crippen molar-refractivity contribution in [3.63, 3.8) is 0 Å². The fourth-order valence-corrected chi connectivity index (χ4v) is 2.17. The maximum absolute atomic E-state index is 12.2. The Kier molecular flexibility index (Phi) is 4.75. The Morgan fingerprint density at radius 1 is 1.33 bits per heavy atom. The SMILES string of the molecule is CCCCOC(=O)/C=C1\c2ccc(C)cc2C(=O)N1OC. The minimum Gasteiger partial charge on any atom is -0.462 e. The van der Waals surface area contributed by atoms with Gasteiger partial charge < -0.3 is 4.74 Å². The zero-order valence-electron chi connectivity index (χ0n) is 12.5. The third-order valence-corrected chi connectivity index (χ3v) is 3.26. The molecule has 5 nitrogen and oxygen atoms in total. The molecule has 0 atom stereocenters. The Morgan fingerprint density at radius 2 is 2.10 bits per heavy atom. The highest BCUT2D eigenvalue weighted by Crippen LogP contribution is 2.33. The van der Waals surface area contributed by atoms with Crippen molar-refractivity contribution >= 4 is 17.6 Å². The Bertz CT molecular complexity index is 592. The second-order valence-electron chi connectivity index (χ2n) is 4.88. The van der Waals surface area contributed by atoms with E-state index in [0.717, 1.165) is 23.5 Å². The summed E-state index contributed by atoms with van der Waals surface area (Å²) in [7, 11) is 1.40. The van der Waals surface area contributed by atoms with Crippen molar-refractivity contribution in [2.24, 2.45) is 0 Å². The fraction of sp³-hybridized carbons (Fsp3) is 0.375. The number of ether oxygens (including phenoxy) is 1. The minimum absolute atomic E-state index is 0.274. The van der Waals surface area contributed by atoms with Crippen LogP contribution in [0, 0.1) is 6.92 Å². The van der Waals surface area contributed by atoms with Gasteiger partial charge in [0.05, 0.1) is 31.1 Å². The third-order valence-electron chi connectivity index (χ3n) is 3.26. The molecule has 1 heterocycles. The van der Waals surface area contributed by atoms with Crippen molar-refractivity contribution in [3.8, 4) is 0 Å². The number of carbonyl (C=O) groups excluding carboxylic acids is 2. The van der Waals surface area contributed by atoms with E-state index in [1.54, 1.807) is 6.07 Å². The molecule has 0 spiro atoms. The molecule has 1 aromatic rings. The van der Waals surface area contributed by atoms with Gasteiger partial charge in [-0.2, -0.15) is 5.06 Å². The summed E-state index contributed by atoms with van der Waals surface area (Å²) in [6.45, 7) is 4.30. The molecule has 0 unspecified atom stereocenters. The van der Waals surface area contributed by atoms with Gasteiger partial charge in [0.1, 0.15) is 0 Å². The molecular formula is C16H19NO4. The highest BCUT2D eigenvalue weighted by Gasteiger charge is 2.33. The Balaban J connectivity index is 2.29. The zero-order valence-corrected chi connectivity index (χ0v) is 12.5. The first-order chi connectivity index (χ1) is 10.1. The molecule has 1 aliphatic rings. The van der Waals surface area contributed by atoms with Gasteiger partial charge in [-0.05, 0) is 19.4 Å². The largest absolute Gasteiger partial charge is 0.462 e. The molecule has 0 saturated heterocycles. The maximum atomic E-state index is 12.2. The summed E-state index contributed by atoms with van der Waals surface area (Å²) in [6.07, 6.45) is 3.07. The van der Waals surface area contributed by atoms with Crippen molar-refractivity contribution in [1.82, 2.24) is 5.06 Å². The number of nitrogens with zero attached hydrogens (tertiary/aromatic N) is 1. The molecule has 0 N–H and O–H groups in total. The lowest BCUT2D eigenvalue weighted by Gasteiger charge is -2.14. The summed E-state index contributed by atoms with van der Waals surface area (Å²) < 4.78 is 5.10. The molecular weight excluding hydrogens is 270 g/mol. The van der Waals surface area contributed by atoms with Gasteiger partial charge in [0.25, 0.3) is 5.91 Å². The number of fused-ring (bicyclic) bond motifs is 1. The van der Waals surface area contributed by atoms with Crippen LogP contribution in [0.4, 0.5) is 0 Å². The van der Waals surface area contributed by atoms with Gasteiger partial charge in [-0.15, -0.1) is 0 Å². The maximum Gasteiger partial charge on any atom is 0.332 e. The molecule has 0 saturated carbocycles. The Morgan fingerprint density at radius 3 is 2.76 bits per heavy atom. The van der Waals surface area contributed by atoms with Crippen molar-refractivity contribution in [2.75, 3.05) is 13.7 Å². The Labute approximate surface area is 124 Å². The topological polar surface area (TPSA) is 55.8 Å². The van der Waals surface area contributed by atoms with Crippen LogP contribution in [-0.2, 0) is 14.4 Å². The van der Waals surface area contributed by atoms with Crippen molar-refractivity contribution < 1.29 is 19.2 Å². The van der Waals surface area contributed by atoms with Gasteiger partial charge in [-0.3, -0.25) is 9.63 Å². The van der Waals surface area contributed by atoms with E-state index < -0.39 is 5.97 Å². The van der Waals surface area contributed by atoms with E-state index in [1.165, 1.54) is 13.2 Å². The first kappa shape index (κ1) is 15.3. The summed E-state index contributed by atoms with van der Waals surface area (Å²) in [6, 6.07) is 5.49. The van der Waals surface area contributed by atoms with Crippen LogP contribution in [0.2, 0.25) is 0 Å². The molecule has 21 heavy (non-hydrogen) atoms. The molecule has 5 heteroatoms. The van der Waals surface area contributed by atoms with Gasteiger partial charge in [0.2, 0.25) is 0 Å². The van der Waals surface area contributed by atoms with E-state index in [0.29, 0.717) is 23.4 Å². The van der Waals surface area contributed by atoms with Gasteiger partial charge in [-0.1, -0.05) is 31.0 Å². The van der Waals surface area contributed by atoms with Crippen molar-refractivity contribution in [1.29, 1.82) is 0 Å². The minimum atomic E-state index is -0.471. The number of carbonyl (C=O) groups is 2. The molecule has 112 valence electrons. The average molecular weight is 289 g/mol. The second-order valence-corrected chi connectivity index (χ2v) is 4.88. The van der Waals surface area contributed by atoms with E-state index in [9.17, 15) is 9.59 Å². The number of hydrogen-bond acceptors (Lipinski definition) is 4. The van der Waals surface area contributed by atoms with Crippen LogP contribution >= 0.6 is 0 Å². The lowest BCUT2D eigenvalue weighted by Crippen LogP contribution is -2.22. The van der Waals surface area contributed by atoms with Crippen LogP contribution in [0.15, 0.2) is 24.3 Å². The van der Waals surface area contributed by atoms with E-state index in [4.69, 9.17) is 9.57 Å². The number of hydrogen-bond donors (Lipinski definition) is 0. The lowest BCUT2D eigenvalue weighted by molar-refractivity contribution is -0.138. The quantitative estimate of drug-likeness (QED) is 0.475. The predicted octanol–water partition coefficient (Wildman–Crippen LogP) is 2.70. The van der Waals surface area contributed by atoms with E-state index >= 15 is 0 Å².